The Kier molecular flexibility index (Phi) is 6.14. The molecular formula is C25H26ClFN4O4. The molecular weight excluding hydrogens is 475 g/mol. The Balaban J connectivity index is 1.62. The van der Waals surface area contributed by atoms with Crippen LogP contribution in [0.4, 0.5) is 4.39 Å². The van der Waals surface area contributed by atoms with Gasteiger partial charge in [-0.15, -0.1) is 0 Å². The molecule has 0 aliphatic carbocycles. The molecule has 4 heterocycles. The van der Waals surface area contributed by atoms with Crippen molar-refractivity contribution in [3.63, 3.8) is 0 Å². The highest BCUT2D eigenvalue weighted by Crippen LogP contribution is 2.44. The van der Waals surface area contributed by atoms with E-state index in [0.29, 0.717) is 37.9 Å². The number of aromatic nitrogens is 1. The number of halogens is 2. The molecule has 0 saturated carbocycles. The Hall–Kier alpha value is -3.17. The zero-order valence-electron chi connectivity index (χ0n) is 19.3. The van der Waals surface area contributed by atoms with Gasteiger partial charge in [0, 0.05) is 38.8 Å². The van der Waals surface area contributed by atoms with Crippen molar-refractivity contribution in [1.29, 1.82) is 0 Å². The predicted molar refractivity (Wildman–Crippen MR) is 128 cm³/mol. The number of hydrogen-bond acceptors (Lipinski definition) is 6. The molecule has 35 heavy (non-hydrogen) atoms. The molecule has 0 radical (unpaired) electrons. The lowest BCUT2D eigenvalue weighted by Gasteiger charge is -2.40. The summed E-state index contributed by atoms with van der Waals surface area (Å²) in [6.45, 7) is 7.95. The van der Waals surface area contributed by atoms with Gasteiger partial charge in [-0.05, 0) is 31.6 Å². The van der Waals surface area contributed by atoms with Gasteiger partial charge >= 0.3 is 0 Å². The van der Waals surface area contributed by atoms with E-state index in [2.05, 4.69) is 23.4 Å². The molecule has 0 bridgehead atoms. The third-order valence-corrected chi connectivity index (χ3v) is 7.42. The molecule has 3 aliphatic heterocycles. The van der Waals surface area contributed by atoms with Crippen LogP contribution < -0.4 is 4.74 Å². The molecule has 1 aromatic carbocycles. The van der Waals surface area contributed by atoms with Crippen LogP contribution in [0.2, 0.25) is 5.02 Å². The number of phenolic OH excluding ortho intramolecular Hbond substituents is 1. The summed E-state index contributed by atoms with van der Waals surface area (Å²) < 4.78 is 20.9. The highest BCUT2D eigenvalue weighted by molar-refractivity contribution is 6.35. The van der Waals surface area contributed by atoms with E-state index >= 15 is 0 Å². The lowest BCUT2D eigenvalue weighted by atomic mass is 10.0. The normalized spacial score (nSPS) is 22.0. The summed E-state index contributed by atoms with van der Waals surface area (Å²) in [5, 5.41) is 10.4. The van der Waals surface area contributed by atoms with Crippen molar-refractivity contribution in [2.24, 2.45) is 0 Å². The molecule has 1 N–H and O–H groups in total. The third kappa shape index (κ3) is 4.02. The van der Waals surface area contributed by atoms with Gasteiger partial charge in [-0.1, -0.05) is 24.2 Å². The number of carbonyl (C=O) groups excluding carboxylic acids is 2. The van der Waals surface area contributed by atoms with Gasteiger partial charge in [0.1, 0.15) is 28.8 Å². The van der Waals surface area contributed by atoms with Gasteiger partial charge < -0.3 is 19.6 Å². The molecule has 1 unspecified atom stereocenters. The number of aromatic hydroxyl groups is 1. The van der Waals surface area contributed by atoms with Gasteiger partial charge in [0.15, 0.2) is 5.75 Å². The van der Waals surface area contributed by atoms with Crippen LogP contribution in [-0.2, 0) is 11.3 Å². The van der Waals surface area contributed by atoms with E-state index in [9.17, 15) is 19.1 Å². The fourth-order valence-corrected chi connectivity index (χ4v) is 5.17. The van der Waals surface area contributed by atoms with Crippen molar-refractivity contribution >= 4 is 23.4 Å². The summed E-state index contributed by atoms with van der Waals surface area (Å²) in [5.74, 6) is -1.35. The molecule has 1 aromatic heterocycles. The molecule has 8 nitrogen and oxygen atoms in total. The SMILES string of the molecule is C=CC(=O)N1CCN2C(=O)c3c(CN4CCC4C)nc(-c4c(O)cccc4F)c(Cl)c3OC[C@H]2C1. The number of pyridine rings is 1. The number of benzene rings is 1. The topological polar surface area (TPSA) is 86.2 Å². The lowest BCUT2D eigenvalue weighted by molar-refractivity contribution is -0.128. The van der Waals surface area contributed by atoms with Crippen LogP contribution in [0, 0.1) is 5.82 Å². The Morgan fingerprint density at radius 1 is 1.34 bits per heavy atom. The Bertz CT molecular complexity index is 1200. The van der Waals surface area contributed by atoms with Crippen molar-refractivity contribution in [3.8, 4) is 22.8 Å². The number of piperazine rings is 1. The minimum Gasteiger partial charge on any atom is -0.507 e. The van der Waals surface area contributed by atoms with Gasteiger partial charge in [0.2, 0.25) is 5.91 Å². The smallest absolute Gasteiger partial charge is 0.260 e. The number of likely N-dealkylation sites (tertiary alicyclic amines) is 1. The van der Waals surface area contributed by atoms with Crippen LogP contribution in [0.15, 0.2) is 30.9 Å². The number of fused-ring (bicyclic) bond motifs is 2. The van der Waals surface area contributed by atoms with E-state index in [1.807, 2.05) is 0 Å². The number of carbonyl (C=O) groups is 2. The van der Waals surface area contributed by atoms with Crippen LogP contribution in [0.1, 0.15) is 29.4 Å². The van der Waals surface area contributed by atoms with Crippen LogP contribution in [0.5, 0.6) is 11.5 Å². The maximum Gasteiger partial charge on any atom is 0.260 e. The Morgan fingerprint density at radius 3 is 2.80 bits per heavy atom. The first-order valence-electron chi connectivity index (χ1n) is 11.6. The van der Waals surface area contributed by atoms with Crippen LogP contribution in [0.25, 0.3) is 11.3 Å². The summed E-state index contributed by atoms with van der Waals surface area (Å²) in [7, 11) is 0. The fourth-order valence-electron chi connectivity index (χ4n) is 4.89. The van der Waals surface area contributed by atoms with E-state index in [1.54, 1.807) is 9.80 Å². The van der Waals surface area contributed by atoms with Crippen molar-refractivity contribution in [3.05, 3.63) is 53.0 Å². The highest BCUT2D eigenvalue weighted by atomic mass is 35.5. The maximum absolute atomic E-state index is 14.8. The first-order valence-corrected chi connectivity index (χ1v) is 12.0. The number of ether oxygens (including phenoxy) is 1. The second-order valence-corrected chi connectivity index (χ2v) is 9.50. The Labute approximate surface area is 207 Å². The quantitative estimate of drug-likeness (QED) is 0.649. The van der Waals surface area contributed by atoms with Gasteiger partial charge in [-0.25, -0.2) is 9.37 Å². The number of rotatable bonds is 4. The van der Waals surface area contributed by atoms with E-state index in [-0.39, 0.29) is 57.8 Å². The zero-order valence-corrected chi connectivity index (χ0v) is 20.1. The van der Waals surface area contributed by atoms with E-state index in [4.69, 9.17) is 16.3 Å². The summed E-state index contributed by atoms with van der Waals surface area (Å²) in [5.41, 5.74) is 0.558. The van der Waals surface area contributed by atoms with Gasteiger partial charge in [-0.2, -0.15) is 0 Å². The summed E-state index contributed by atoms with van der Waals surface area (Å²) in [6.07, 6.45) is 2.28. The average Bonchev–Trinajstić information content (AvgIpc) is 2.99. The van der Waals surface area contributed by atoms with Gasteiger partial charge in [0.05, 0.1) is 23.0 Å². The van der Waals surface area contributed by atoms with Crippen molar-refractivity contribution in [2.75, 3.05) is 32.8 Å². The number of amides is 2. The molecule has 184 valence electrons. The molecule has 5 rings (SSSR count). The number of hydrogen-bond donors (Lipinski definition) is 1. The molecule has 2 amide bonds. The molecule has 2 saturated heterocycles. The van der Waals surface area contributed by atoms with Crippen molar-refractivity contribution < 1.29 is 23.8 Å². The third-order valence-electron chi connectivity index (χ3n) is 7.07. The molecule has 0 spiro atoms. The van der Waals surface area contributed by atoms with E-state index < -0.39 is 5.82 Å². The second kappa shape index (κ2) is 9.13. The van der Waals surface area contributed by atoms with Gasteiger partial charge in [0.25, 0.3) is 5.91 Å². The summed E-state index contributed by atoms with van der Waals surface area (Å²) >= 11 is 6.70. The largest absolute Gasteiger partial charge is 0.507 e. The Morgan fingerprint density at radius 2 is 2.14 bits per heavy atom. The number of nitrogens with zero attached hydrogens (tertiary/aromatic N) is 4. The minimum absolute atomic E-state index is 0.0281. The predicted octanol–water partition coefficient (Wildman–Crippen LogP) is 3.07. The zero-order chi connectivity index (χ0) is 24.9. The van der Waals surface area contributed by atoms with Crippen molar-refractivity contribution in [2.45, 2.75) is 32.0 Å². The molecule has 2 aromatic rings. The minimum atomic E-state index is -0.682. The monoisotopic (exact) mass is 500 g/mol. The fraction of sp³-hybridized carbons (Fsp3) is 0.400. The maximum atomic E-state index is 14.8. The van der Waals surface area contributed by atoms with Crippen LogP contribution >= 0.6 is 11.6 Å². The summed E-state index contributed by atoms with van der Waals surface area (Å²) in [4.78, 5) is 36.1. The summed E-state index contributed by atoms with van der Waals surface area (Å²) in [6, 6.07) is 3.90. The molecule has 2 atom stereocenters. The molecule has 3 aliphatic rings. The van der Waals surface area contributed by atoms with Crippen LogP contribution in [0.3, 0.4) is 0 Å². The average molecular weight is 501 g/mol. The lowest BCUT2D eigenvalue weighted by Crippen LogP contribution is -2.57. The first kappa shape index (κ1) is 23.6. The second-order valence-electron chi connectivity index (χ2n) is 9.12. The van der Waals surface area contributed by atoms with Gasteiger partial charge in [-0.3, -0.25) is 14.5 Å². The number of phenols is 1. The van der Waals surface area contributed by atoms with E-state index in [1.165, 1.54) is 24.3 Å². The van der Waals surface area contributed by atoms with Crippen LogP contribution in [-0.4, -0.2) is 81.5 Å². The van der Waals surface area contributed by atoms with Crippen molar-refractivity contribution in [1.82, 2.24) is 19.7 Å². The molecule has 10 heteroatoms. The van der Waals surface area contributed by atoms with E-state index in [0.717, 1.165) is 13.0 Å². The molecule has 2 fully saturated rings. The first-order chi connectivity index (χ1) is 16.8. The highest BCUT2D eigenvalue weighted by Gasteiger charge is 2.40. The standard InChI is InChI=1S/C25H26ClFN4O4/c1-3-19(33)30-9-10-31-15(11-30)13-35-24-21(25(31)34)17(12-29-8-7-14(29)2)28-23(22(24)26)20-16(27)5-4-6-18(20)32/h3-6,14-15,32H,1,7-13H2,2H3/t14?,15-/m1/s1.